The van der Waals surface area contributed by atoms with Crippen molar-refractivity contribution in [3.63, 3.8) is 0 Å². The highest BCUT2D eigenvalue weighted by atomic mass is 32.2. The summed E-state index contributed by atoms with van der Waals surface area (Å²) in [6.07, 6.45) is 0.765. The van der Waals surface area contributed by atoms with E-state index < -0.39 is 28.6 Å². The van der Waals surface area contributed by atoms with Gasteiger partial charge >= 0.3 is 5.97 Å². The van der Waals surface area contributed by atoms with Crippen LogP contribution in [-0.4, -0.2) is 44.8 Å². The fourth-order valence-electron chi connectivity index (χ4n) is 2.48. The summed E-state index contributed by atoms with van der Waals surface area (Å²) in [5.41, 5.74) is 0.408. The van der Waals surface area contributed by atoms with Crippen LogP contribution in [0.4, 0.5) is 0 Å². The molecule has 0 saturated carbocycles. The molecule has 27 heavy (non-hydrogen) atoms. The highest BCUT2D eigenvalue weighted by Gasteiger charge is 2.33. The van der Waals surface area contributed by atoms with Crippen molar-refractivity contribution in [1.29, 1.82) is 0 Å². The lowest BCUT2D eigenvalue weighted by Crippen LogP contribution is -2.37. The van der Waals surface area contributed by atoms with Crippen LogP contribution in [0.25, 0.3) is 0 Å². The fourth-order valence-corrected chi connectivity index (χ4v) is 3.72. The number of fused-ring (bicyclic) bond motifs is 1. The van der Waals surface area contributed by atoms with E-state index in [2.05, 4.69) is 15.0 Å². The van der Waals surface area contributed by atoms with Crippen LogP contribution in [-0.2, 0) is 24.3 Å². The van der Waals surface area contributed by atoms with Gasteiger partial charge in [-0.3, -0.25) is 14.5 Å². The lowest BCUT2D eigenvalue weighted by molar-refractivity contribution is -0.150. The number of rotatable bonds is 7. The van der Waals surface area contributed by atoms with Crippen LogP contribution < -0.4 is 10.0 Å². The Morgan fingerprint density at radius 2 is 1.89 bits per heavy atom. The van der Waals surface area contributed by atoms with Crippen molar-refractivity contribution in [1.82, 2.24) is 10.0 Å². The Morgan fingerprint density at radius 3 is 2.52 bits per heavy atom. The predicted octanol–water partition coefficient (Wildman–Crippen LogP) is 1.21. The van der Waals surface area contributed by atoms with Crippen molar-refractivity contribution in [3.05, 3.63) is 29.8 Å². The van der Waals surface area contributed by atoms with E-state index >= 15 is 0 Å². The summed E-state index contributed by atoms with van der Waals surface area (Å²) in [6.45, 7) is 6.92. The highest BCUT2D eigenvalue weighted by Crippen LogP contribution is 2.23. The first kappa shape index (κ1) is 20.9. The maximum atomic E-state index is 12.4. The van der Waals surface area contributed by atoms with Crippen LogP contribution in [0.15, 0.2) is 34.2 Å². The van der Waals surface area contributed by atoms with Crippen molar-refractivity contribution in [2.45, 2.75) is 51.1 Å². The van der Waals surface area contributed by atoms with Crippen molar-refractivity contribution in [3.8, 4) is 0 Å². The molecule has 2 N–H and O–H groups in total. The molecule has 1 heterocycles. The number of aliphatic imine (C=N–C) groups is 1. The minimum Gasteiger partial charge on any atom is -0.454 e. The lowest BCUT2D eigenvalue weighted by Gasteiger charge is -2.17. The van der Waals surface area contributed by atoms with E-state index in [0.29, 0.717) is 5.56 Å². The monoisotopic (exact) mass is 395 g/mol. The third kappa shape index (κ3) is 5.06. The molecule has 1 aromatic carbocycles. The van der Waals surface area contributed by atoms with Gasteiger partial charge in [-0.05, 0) is 31.4 Å². The molecule has 8 nitrogen and oxygen atoms in total. The zero-order chi connectivity index (χ0) is 20.2. The Balaban J connectivity index is 2.15. The number of carbonyl (C=O) groups is 2. The van der Waals surface area contributed by atoms with Gasteiger partial charge in [0.15, 0.2) is 12.6 Å². The normalized spacial score (nSPS) is 18.5. The van der Waals surface area contributed by atoms with Crippen LogP contribution in [0.5, 0.6) is 0 Å². The Hall–Kier alpha value is -2.42. The molecule has 0 saturated heterocycles. The summed E-state index contributed by atoms with van der Waals surface area (Å²) in [4.78, 5) is 28.6. The molecule has 148 valence electrons. The van der Waals surface area contributed by atoms with E-state index in [9.17, 15) is 18.0 Å². The molecule has 0 bridgehead atoms. The molecule has 0 unspecified atom stereocenters. The first-order valence-electron chi connectivity index (χ1n) is 8.81. The number of nitrogens with one attached hydrogen (secondary N) is 2. The van der Waals surface area contributed by atoms with E-state index in [0.717, 1.165) is 6.42 Å². The fraction of sp³-hybridized carbons (Fsp3) is 0.500. The predicted molar refractivity (Wildman–Crippen MR) is 101 cm³/mol. The van der Waals surface area contributed by atoms with Crippen molar-refractivity contribution < 1.29 is 22.7 Å². The molecule has 9 heteroatoms. The number of hydrogen-bond acceptors (Lipinski definition) is 6. The van der Waals surface area contributed by atoms with Crippen LogP contribution in [0, 0.1) is 5.92 Å². The Kier molecular flexibility index (Phi) is 6.59. The number of benzene rings is 1. The summed E-state index contributed by atoms with van der Waals surface area (Å²) in [5, 5.41) is 2.71. The zero-order valence-electron chi connectivity index (χ0n) is 15.9. The number of esters is 1. The van der Waals surface area contributed by atoms with Crippen molar-refractivity contribution in [2.24, 2.45) is 10.9 Å². The third-order valence-electron chi connectivity index (χ3n) is 4.17. The van der Waals surface area contributed by atoms with E-state index in [1.165, 1.54) is 6.07 Å². The Morgan fingerprint density at radius 1 is 1.22 bits per heavy atom. The highest BCUT2D eigenvalue weighted by molar-refractivity contribution is 7.90. The Bertz CT molecular complexity index is 848. The molecule has 2 rings (SSSR count). The summed E-state index contributed by atoms with van der Waals surface area (Å²) < 4.78 is 31.8. The van der Waals surface area contributed by atoms with Crippen molar-refractivity contribution >= 4 is 27.7 Å². The molecular weight excluding hydrogens is 370 g/mol. The van der Waals surface area contributed by atoms with E-state index in [1.807, 2.05) is 13.8 Å². The molecule has 1 amide bonds. The molecule has 0 radical (unpaired) electrons. The quantitative estimate of drug-likeness (QED) is 0.674. The van der Waals surface area contributed by atoms with Gasteiger partial charge < -0.3 is 10.1 Å². The van der Waals surface area contributed by atoms with Gasteiger partial charge in [0.2, 0.25) is 0 Å². The standard InChI is InChI=1S/C18H25N3O5S/c1-5-12(4)19-15(22)10-26-18(23)16(11(2)3)20-17-13-8-6-7-9-14(13)27(24,25)21-17/h6-9,11-12,16H,5,10H2,1-4H3,(H,19,22)(H,20,21)/t12-,16+/m1/s1. The number of hydrogen-bond donors (Lipinski definition) is 2. The molecule has 1 aliphatic heterocycles. The van der Waals surface area contributed by atoms with Crippen LogP contribution in [0.1, 0.15) is 39.7 Å². The number of carbonyl (C=O) groups excluding carboxylic acids is 2. The number of amides is 1. The largest absolute Gasteiger partial charge is 0.454 e. The van der Waals surface area contributed by atoms with Crippen molar-refractivity contribution in [2.75, 3.05) is 6.61 Å². The molecule has 0 spiro atoms. The average molecular weight is 395 g/mol. The molecule has 0 aliphatic carbocycles. The smallest absolute Gasteiger partial charge is 0.331 e. The summed E-state index contributed by atoms with van der Waals surface area (Å²) in [7, 11) is -3.69. The van der Waals surface area contributed by atoms with Gasteiger partial charge in [-0.15, -0.1) is 0 Å². The maximum Gasteiger partial charge on any atom is 0.331 e. The van der Waals surface area contributed by atoms with Gasteiger partial charge in [0, 0.05) is 11.6 Å². The second-order valence-electron chi connectivity index (χ2n) is 6.75. The average Bonchev–Trinajstić information content (AvgIpc) is 2.88. The van der Waals surface area contributed by atoms with Gasteiger partial charge in [-0.25, -0.2) is 13.2 Å². The Labute approximate surface area is 159 Å². The zero-order valence-corrected chi connectivity index (χ0v) is 16.7. The number of sulfonamides is 1. The van der Waals surface area contributed by atoms with Gasteiger partial charge in [-0.1, -0.05) is 32.9 Å². The summed E-state index contributed by atoms with van der Waals surface area (Å²) in [6, 6.07) is 5.45. The molecular formula is C18H25N3O5S. The summed E-state index contributed by atoms with van der Waals surface area (Å²) >= 11 is 0. The second kappa shape index (κ2) is 8.51. The molecule has 1 aliphatic rings. The van der Waals surface area contributed by atoms with Gasteiger partial charge in [0.1, 0.15) is 5.84 Å². The minimum atomic E-state index is -3.69. The minimum absolute atomic E-state index is 0.0123. The van der Waals surface area contributed by atoms with Gasteiger partial charge in [0.25, 0.3) is 15.9 Å². The van der Waals surface area contributed by atoms with Gasteiger partial charge in [0.05, 0.1) is 4.90 Å². The number of ether oxygens (including phenoxy) is 1. The van der Waals surface area contributed by atoms with E-state index in [-0.39, 0.29) is 28.6 Å². The van der Waals surface area contributed by atoms with Crippen LogP contribution in [0.3, 0.4) is 0 Å². The first-order valence-corrected chi connectivity index (χ1v) is 10.3. The number of amidine groups is 1. The molecule has 0 fully saturated rings. The van der Waals surface area contributed by atoms with Crippen LogP contribution >= 0.6 is 0 Å². The number of nitrogens with zero attached hydrogens (tertiary/aromatic N) is 1. The molecule has 2 atom stereocenters. The van der Waals surface area contributed by atoms with Gasteiger partial charge in [-0.2, -0.15) is 0 Å². The maximum absolute atomic E-state index is 12.4. The topological polar surface area (TPSA) is 114 Å². The second-order valence-corrected chi connectivity index (χ2v) is 8.40. The molecule has 0 aromatic heterocycles. The lowest BCUT2D eigenvalue weighted by atomic mass is 10.1. The van der Waals surface area contributed by atoms with Crippen LogP contribution in [0.2, 0.25) is 0 Å². The van der Waals surface area contributed by atoms with E-state index in [4.69, 9.17) is 4.74 Å². The SMILES string of the molecule is CC[C@@H](C)NC(=O)COC(=O)[C@@H](N=C1NS(=O)(=O)c2ccccc21)C(C)C. The third-order valence-corrected chi connectivity index (χ3v) is 5.57. The van der Waals surface area contributed by atoms with E-state index in [1.54, 1.807) is 32.0 Å². The first-order chi connectivity index (χ1) is 12.7. The molecule has 1 aromatic rings. The summed E-state index contributed by atoms with van der Waals surface area (Å²) in [5.74, 6) is -1.22.